The summed E-state index contributed by atoms with van der Waals surface area (Å²) in [5.74, 6) is -1.62. The lowest BCUT2D eigenvalue weighted by Gasteiger charge is -2.23. The van der Waals surface area contributed by atoms with Gasteiger partial charge in [-0.25, -0.2) is 18.0 Å². The van der Waals surface area contributed by atoms with Gasteiger partial charge in [-0.15, -0.1) is 23.2 Å². The van der Waals surface area contributed by atoms with Crippen LogP contribution in [0.1, 0.15) is 11.1 Å². The molecule has 0 fully saturated rings. The Morgan fingerprint density at radius 3 is 2.28 bits per heavy atom. The van der Waals surface area contributed by atoms with Crippen LogP contribution in [0.4, 0.5) is 0 Å². The van der Waals surface area contributed by atoms with Crippen molar-refractivity contribution in [3.8, 4) is 0 Å². The average Bonchev–Trinajstić information content (AvgIpc) is 2.75. The number of ether oxygens (including phenoxy) is 1. The number of halogens is 2. The molecule has 0 aliphatic carbocycles. The van der Waals surface area contributed by atoms with Crippen LogP contribution < -0.4 is 5.73 Å². The second-order valence-corrected chi connectivity index (χ2v) is 9.92. The fourth-order valence-corrected chi connectivity index (χ4v) is 5.12. The molecule has 2 atom stereocenters. The van der Waals surface area contributed by atoms with Gasteiger partial charge in [-0.2, -0.15) is 0 Å². The summed E-state index contributed by atoms with van der Waals surface area (Å²) in [4.78, 5) is 26.5. The third kappa shape index (κ3) is 6.52. The smallest absolute Gasteiger partial charge is 0.332 e. The number of benzene rings is 2. The van der Waals surface area contributed by atoms with Gasteiger partial charge in [0.1, 0.15) is 12.1 Å². The lowest BCUT2D eigenvalue weighted by Crippen LogP contribution is -2.45. The Hall–Kier alpha value is -1.97. The Kier molecular flexibility index (Phi) is 9.66. The molecule has 10 heteroatoms. The first-order valence-corrected chi connectivity index (χ1v) is 12.4. The minimum absolute atomic E-state index is 0.0407. The Morgan fingerprint density at radius 1 is 1.06 bits per heavy atom. The van der Waals surface area contributed by atoms with Gasteiger partial charge in [0.25, 0.3) is 0 Å². The second kappa shape index (κ2) is 11.8. The number of hydrogen-bond acceptors (Lipinski definition) is 7. The predicted molar refractivity (Wildman–Crippen MR) is 124 cm³/mol. The number of carbonyl (C=O) groups is 2. The molecule has 2 unspecified atom stereocenters. The fraction of sp³-hybridized carbons (Fsp3) is 0.364. The number of nitrogens with zero attached hydrogens (tertiary/aromatic N) is 1. The molecule has 0 saturated carbocycles. The van der Waals surface area contributed by atoms with Crippen LogP contribution in [-0.4, -0.2) is 62.7 Å². The molecular weight excluding hydrogens is 475 g/mol. The largest absolute Gasteiger partial charge is 0.391 e. The van der Waals surface area contributed by atoms with E-state index in [1.54, 1.807) is 42.3 Å². The van der Waals surface area contributed by atoms with Crippen molar-refractivity contribution in [2.45, 2.75) is 35.2 Å². The maximum atomic E-state index is 13.1. The van der Waals surface area contributed by atoms with E-state index >= 15 is 0 Å². The quantitative estimate of drug-likeness (QED) is 0.303. The van der Waals surface area contributed by atoms with Crippen molar-refractivity contribution in [2.75, 3.05) is 25.4 Å². The molecule has 0 saturated heterocycles. The summed E-state index contributed by atoms with van der Waals surface area (Å²) in [7, 11) is -2.19. The van der Waals surface area contributed by atoms with Crippen molar-refractivity contribution in [2.24, 2.45) is 5.73 Å². The number of sulfone groups is 1. The molecule has 0 heterocycles. The van der Waals surface area contributed by atoms with Crippen LogP contribution in [0.15, 0.2) is 58.3 Å². The van der Waals surface area contributed by atoms with E-state index in [9.17, 15) is 18.0 Å². The molecule has 7 nitrogen and oxygen atoms in total. The van der Waals surface area contributed by atoms with Crippen LogP contribution in [0.25, 0.3) is 0 Å². The van der Waals surface area contributed by atoms with Crippen molar-refractivity contribution in [3.05, 3.63) is 59.7 Å². The zero-order chi connectivity index (χ0) is 23.9. The first-order valence-electron chi connectivity index (χ1n) is 9.84. The standard InChI is InChI=1S/C22H26Cl2N2O5S/c1-15-7-9-17(10-8-15)32(29,30)20-6-4-3-5-16(20)13-18(25)21(27)31-22(28)19(14-24)26(2)12-11-23/h3-10,18-19H,11-14,25H2,1-2H3. The fourth-order valence-electron chi connectivity index (χ4n) is 2.99. The maximum Gasteiger partial charge on any atom is 0.332 e. The zero-order valence-electron chi connectivity index (χ0n) is 17.8. The van der Waals surface area contributed by atoms with Crippen LogP contribution in [0.2, 0.25) is 0 Å². The Bertz CT molecular complexity index is 1040. The van der Waals surface area contributed by atoms with Crippen LogP contribution in [0.5, 0.6) is 0 Å². The Balaban J connectivity index is 2.18. The summed E-state index contributed by atoms with van der Waals surface area (Å²) in [5, 5.41) is 0. The van der Waals surface area contributed by atoms with E-state index in [0.717, 1.165) is 5.56 Å². The number of alkyl halides is 2. The highest BCUT2D eigenvalue weighted by molar-refractivity contribution is 7.91. The third-order valence-corrected chi connectivity index (χ3v) is 7.26. The number of hydrogen-bond donors (Lipinski definition) is 1. The first kappa shape index (κ1) is 26.3. The molecule has 2 rings (SSSR count). The Morgan fingerprint density at radius 2 is 1.69 bits per heavy atom. The number of likely N-dealkylation sites (N-methyl/N-ethyl adjacent to an activating group) is 1. The highest BCUT2D eigenvalue weighted by atomic mass is 35.5. The van der Waals surface area contributed by atoms with Gasteiger partial charge in [0.05, 0.1) is 9.79 Å². The first-order chi connectivity index (χ1) is 15.1. The zero-order valence-corrected chi connectivity index (χ0v) is 20.2. The number of esters is 2. The van der Waals surface area contributed by atoms with Gasteiger partial charge in [-0.1, -0.05) is 35.9 Å². The normalized spacial score (nSPS) is 13.6. The molecule has 0 aromatic heterocycles. The van der Waals surface area contributed by atoms with Crippen molar-refractivity contribution in [1.29, 1.82) is 0 Å². The highest BCUT2D eigenvalue weighted by Gasteiger charge is 2.29. The lowest BCUT2D eigenvalue weighted by molar-refractivity contribution is -0.163. The molecular formula is C22H26Cl2N2O5S. The van der Waals surface area contributed by atoms with E-state index < -0.39 is 33.9 Å². The summed E-state index contributed by atoms with van der Waals surface area (Å²) in [6, 6.07) is 10.6. The van der Waals surface area contributed by atoms with E-state index in [0.29, 0.717) is 12.1 Å². The highest BCUT2D eigenvalue weighted by Crippen LogP contribution is 2.25. The molecule has 0 aliphatic rings. The summed E-state index contributed by atoms with van der Waals surface area (Å²) in [5.41, 5.74) is 7.23. The van der Waals surface area contributed by atoms with E-state index in [1.807, 2.05) is 6.92 Å². The van der Waals surface area contributed by atoms with Gasteiger partial charge in [-0.3, -0.25) is 4.90 Å². The molecule has 0 spiro atoms. The van der Waals surface area contributed by atoms with Gasteiger partial charge in [0.2, 0.25) is 9.84 Å². The van der Waals surface area contributed by atoms with E-state index in [-0.39, 0.29) is 28.0 Å². The summed E-state index contributed by atoms with van der Waals surface area (Å²) < 4.78 is 31.1. The summed E-state index contributed by atoms with van der Waals surface area (Å²) in [6.07, 6.45) is -0.129. The molecule has 2 aromatic carbocycles. The van der Waals surface area contributed by atoms with Crippen molar-refractivity contribution < 1.29 is 22.7 Å². The van der Waals surface area contributed by atoms with Crippen molar-refractivity contribution in [1.82, 2.24) is 4.90 Å². The molecule has 0 radical (unpaired) electrons. The number of nitrogens with two attached hydrogens (primary N) is 1. The van der Waals surface area contributed by atoms with Crippen LogP contribution >= 0.6 is 23.2 Å². The number of aryl methyl sites for hydroxylation is 1. The van der Waals surface area contributed by atoms with Crippen LogP contribution in [-0.2, 0) is 30.6 Å². The number of carbonyl (C=O) groups excluding carboxylic acids is 2. The molecule has 0 amide bonds. The van der Waals surface area contributed by atoms with Gasteiger partial charge < -0.3 is 10.5 Å². The predicted octanol–water partition coefficient (Wildman–Crippen LogP) is 2.55. The average molecular weight is 501 g/mol. The summed E-state index contributed by atoms with van der Waals surface area (Å²) >= 11 is 11.5. The number of rotatable bonds is 10. The molecule has 0 bridgehead atoms. The van der Waals surface area contributed by atoms with Crippen LogP contribution in [0, 0.1) is 6.92 Å². The van der Waals surface area contributed by atoms with E-state index in [4.69, 9.17) is 33.7 Å². The molecule has 2 aromatic rings. The maximum absolute atomic E-state index is 13.1. The van der Waals surface area contributed by atoms with E-state index in [2.05, 4.69) is 0 Å². The minimum Gasteiger partial charge on any atom is -0.391 e. The van der Waals surface area contributed by atoms with Crippen LogP contribution in [0.3, 0.4) is 0 Å². The third-order valence-electron chi connectivity index (χ3n) is 4.92. The van der Waals surface area contributed by atoms with Gasteiger partial charge in [-0.05, 0) is 44.2 Å². The molecule has 174 valence electrons. The van der Waals surface area contributed by atoms with Gasteiger partial charge in [0, 0.05) is 18.3 Å². The molecule has 32 heavy (non-hydrogen) atoms. The van der Waals surface area contributed by atoms with Gasteiger partial charge in [0.15, 0.2) is 0 Å². The molecule has 0 aliphatic heterocycles. The van der Waals surface area contributed by atoms with E-state index in [1.165, 1.54) is 18.2 Å². The second-order valence-electron chi connectivity index (χ2n) is 7.31. The monoisotopic (exact) mass is 500 g/mol. The SMILES string of the molecule is Cc1ccc(S(=O)(=O)c2ccccc2CC(N)C(=O)OC(=O)C(CCl)N(C)CCCl)cc1. The van der Waals surface area contributed by atoms with Gasteiger partial charge >= 0.3 is 11.9 Å². The topological polar surface area (TPSA) is 107 Å². The Labute approximate surface area is 198 Å². The minimum atomic E-state index is -3.83. The van der Waals surface area contributed by atoms with Crippen molar-refractivity contribution >= 4 is 45.0 Å². The summed E-state index contributed by atoms with van der Waals surface area (Å²) in [6.45, 7) is 2.23. The molecule has 2 N–H and O–H groups in total. The lowest BCUT2D eigenvalue weighted by atomic mass is 10.1. The van der Waals surface area contributed by atoms with Crippen molar-refractivity contribution in [3.63, 3.8) is 0 Å².